The maximum Gasteiger partial charge on any atom is 0.252 e. The summed E-state index contributed by atoms with van der Waals surface area (Å²) in [5.74, 6) is 1.83. The first-order valence-electron chi connectivity index (χ1n) is 7.78. The second-order valence-corrected chi connectivity index (χ2v) is 6.26. The van der Waals surface area contributed by atoms with Gasteiger partial charge >= 0.3 is 0 Å². The van der Waals surface area contributed by atoms with Crippen LogP contribution in [0.15, 0.2) is 29.2 Å². The molecule has 3 aromatic rings. The Morgan fingerprint density at radius 2 is 2.09 bits per heavy atom. The van der Waals surface area contributed by atoms with Gasteiger partial charge in [-0.2, -0.15) is 0 Å². The highest BCUT2D eigenvalue weighted by atomic mass is 35.5. The zero-order valence-electron chi connectivity index (χ0n) is 12.6. The van der Waals surface area contributed by atoms with Crippen molar-refractivity contribution in [2.45, 2.75) is 38.8 Å². The van der Waals surface area contributed by atoms with E-state index in [1.807, 2.05) is 6.07 Å². The summed E-state index contributed by atoms with van der Waals surface area (Å²) in [5.41, 5.74) is 0.520. The van der Waals surface area contributed by atoms with E-state index >= 15 is 0 Å². The minimum absolute atomic E-state index is 0.0988. The Bertz CT molecular complexity index is 930. The van der Waals surface area contributed by atoms with Crippen molar-refractivity contribution in [3.05, 3.63) is 51.4 Å². The zero-order chi connectivity index (χ0) is 15.8. The molecular formula is C16H16ClN5O. The number of nitrogens with zero attached hydrogens (tertiary/aromatic N) is 5. The number of rotatable bonds is 2. The molecule has 0 fully saturated rings. The SMILES string of the molecule is O=c1ccc2cc(Cl)cnc2n1Cc1nnc2n1CCCCC2. The summed E-state index contributed by atoms with van der Waals surface area (Å²) in [6, 6.07) is 5.10. The average Bonchev–Trinajstić information content (AvgIpc) is 2.77. The van der Waals surface area contributed by atoms with Crippen LogP contribution < -0.4 is 5.56 Å². The molecule has 1 aliphatic heterocycles. The molecule has 0 spiro atoms. The van der Waals surface area contributed by atoms with Crippen LogP contribution in [0.2, 0.25) is 5.02 Å². The topological polar surface area (TPSA) is 65.6 Å². The molecule has 4 heterocycles. The lowest BCUT2D eigenvalue weighted by molar-refractivity contribution is 0.587. The second kappa shape index (κ2) is 5.77. The summed E-state index contributed by atoms with van der Waals surface area (Å²) < 4.78 is 3.78. The highest BCUT2D eigenvalue weighted by Crippen LogP contribution is 2.18. The van der Waals surface area contributed by atoms with Crippen molar-refractivity contribution in [2.75, 3.05) is 0 Å². The van der Waals surface area contributed by atoms with E-state index in [1.165, 1.54) is 6.42 Å². The fraction of sp³-hybridized carbons (Fsp3) is 0.375. The van der Waals surface area contributed by atoms with E-state index in [-0.39, 0.29) is 5.56 Å². The van der Waals surface area contributed by atoms with Crippen molar-refractivity contribution in [3.63, 3.8) is 0 Å². The summed E-state index contributed by atoms with van der Waals surface area (Å²) in [4.78, 5) is 16.6. The van der Waals surface area contributed by atoms with E-state index < -0.39 is 0 Å². The van der Waals surface area contributed by atoms with Gasteiger partial charge in [0, 0.05) is 30.6 Å². The number of aryl methyl sites for hydroxylation is 1. The van der Waals surface area contributed by atoms with Crippen LogP contribution in [-0.2, 0) is 19.5 Å². The molecule has 4 rings (SSSR count). The maximum absolute atomic E-state index is 12.3. The molecule has 0 amide bonds. The molecule has 0 N–H and O–H groups in total. The third-order valence-corrected chi connectivity index (χ3v) is 4.48. The van der Waals surface area contributed by atoms with Crippen molar-refractivity contribution < 1.29 is 0 Å². The second-order valence-electron chi connectivity index (χ2n) is 5.82. The Kier molecular flexibility index (Phi) is 3.61. The van der Waals surface area contributed by atoms with E-state index in [0.29, 0.717) is 17.2 Å². The summed E-state index contributed by atoms with van der Waals surface area (Å²) >= 11 is 5.99. The van der Waals surface area contributed by atoms with Gasteiger partial charge in [-0.1, -0.05) is 18.0 Å². The van der Waals surface area contributed by atoms with Gasteiger partial charge in [-0.25, -0.2) is 4.98 Å². The molecule has 3 aromatic heterocycles. The molecule has 0 atom stereocenters. The minimum atomic E-state index is -0.0988. The molecule has 0 saturated carbocycles. The minimum Gasteiger partial charge on any atom is -0.313 e. The first-order chi connectivity index (χ1) is 11.2. The number of hydrogen-bond acceptors (Lipinski definition) is 4. The fourth-order valence-electron chi connectivity index (χ4n) is 3.11. The van der Waals surface area contributed by atoms with Crippen LogP contribution in [0.1, 0.15) is 30.9 Å². The van der Waals surface area contributed by atoms with Crippen LogP contribution in [0.25, 0.3) is 11.0 Å². The lowest BCUT2D eigenvalue weighted by Crippen LogP contribution is -2.23. The van der Waals surface area contributed by atoms with Crippen molar-refractivity contribution in [1.29, 1.82) is 0 Å². The van der Waals surface area contributed by atoms with Crippen molar-refractivity contribution in [3.8, 4) is 0 Å². The van der Waals surface area contributed by atoms with E-state index in [2.05, 4.69) is 19.7 Å². The number of aromatic nitrogens is 5. The largest absolute Gasteiger partial charge is 0.313 e. The summed E-state index contributed by atoms with van der Waals surface area (Å²) in [6.07, 6.45) is 5.98. The van der Waals surface area contributed by atoms with Gasteiger partial charge in [-0.3, -0.25) is 9.36 Å². The van der Waals surface area contributed by atoms with Crippen LogP contribution in [0.5, 0.6) is 0 Å². The van der Waals surface area contributed by atoms with Gasteiger partial charge in [0.25, 0.3) is 5.56 Å². The van der Waals surface area contributed by atoms with E-state index in [1.54, 1.807) is 22.9 Å². The van der Waals surface area contributed by atoms with E-state index in [9.17, 15) is 4.79 Å². The molecule has 6 nitrogen and oxygen atoms in total. The summed E-state index contributed by atoms with van der Waals surface area (Å²) in [6.45, 7) is 1.29. The molecule has 0 saturated heterocycles. The molecule has 118 valence electrons. The fourth-order valence-corrected chi connectivity index (χ4v) is 3.27. The van der Waals surface area contributed by atoms with Crippen molar-refractivity contribution >= 4 is 22.6 Å². The van der Waals surface area contributed by atoms with Crippen molar-refractivity contribution in [1.82, 2.24) is 24.3 Å². The zero-order valence-corrected chi connectivity index (χ0v) is 13.3. The predicted molar refractivity (Wildman–Crippen MR) is 87.7 cm³/mol. The van der Waals surface area contributed by atoms with Crippen LogP contribution in [0.4, 0.5) is 0 Å². The molecule has 0 bridgehead atoms. The maximum atomic E-state index is 12.3. The molecular weight excluding hydrogens is 314 g/mol. The molecule has 0 radical (unpaired) electrons. The monoisotopic (exact) mass is 329 g/mol. The van der Waals surface area contributed by atoms with Crippen LogP contribution in [0.3, 0.4) is 0 Å². The Balaban J connectivity index is 1.80. The standard InChI is InChI=1S/C16H16ClN5O/c17-12-8-11-5-6-15(23)22(16(11)18-9-12)10-14-20-19-13-4-2-1-3-7-21(13)14/h5-6,8-9H,1-4,7,10H2. The van der Waals surface area contributed by atoms with Gasteiger partial charge in [-0.05, 0) is 25.0 Å². The van der Waals surface area contributed by atoms with Gasteiger partial charge in [0.1, 0.15) is 11.5 Å². The smallest absolute Gasteiger partial charge is 0.252 e. The number of hydrogen-bond donors (Lipinski definition) is 0. The van der Waals surface area contributed by atoms with Crippen LogP contribution in [-0.4, -0.2) is 24.3 Å². The lowest BCUT2D eigenvalue weighted by Gasteiger charge is -2.11. The lowest BCUT2D eigenvalue weighted by atomic mass is 10.2. The normalized spacial score (nSPS) is 14.7. The first kappa shape index (κ1) is 14.4. The molecule has 0 aromatic carbocycles. The molecule has 23 heavy (non-hydrogen) atoms. The van der Waals surface area contributed by atoms with E-state index in [4.69, 9.17) is 11.6 Å². The first-order valence-corrected chi connectivity index (χ1v) is 8.16. The highest BCUT2D eigenvalue weighted by Gasteiger charge is 2.16. The molecule has 7 heteroatoms. The van der Waals surface area contributed by atoms with Crippen LogP contribution in [0, 0.1) is 0 Å². The third-order valence-electron chi connectivity index (χ3n) is 4.27. The molecule has 0 aliphatic carbocycles. The van der Waals surface area contributed by atoms with E-state index in [0.717, 1.165) is 42.8 Å². The number of pyridine rings is 2. The third kappa shape index (κ3) is 2.63. The Hall–Kier alpha value is -2.21. The van der Waals surface area contributed by atoms with Crippen LogP contribution >= 0.6 is 11.6 Å². The summed E-state index contributed by atoms with van der Waals surface area (Å²) in [5, 5.41) is 9.99. The van der Waals surface area contributed by atoms with Gasteiger partial charge in [0.05, 0.1) is 11.6 Å². The van der Waals surface area contributed by atoms with Gasteiger partial charge < -0.3 is 4.57 Å². The Morgan fingerprint density at radius 3 is 3.00 bits per heavy atom. The van der Waals surface area contributed by atoms with Crippen molar-refractivity contribution in [2.24, 2.45) is 0 Å². The predicted octanol–water partition coefficient (Wildman–Crippen LogP) is 2.42. The van der Waals surface area contributed by atoms with Gasteiger partial charge in [0.15, 0.2) is 5.82 Å². The molecule has 1 aliphatic rings. The quantitative estimate of drug-likeness (QED) is 0.724. The Labute approximate surface area is 137 Å². The van der Waals surface area contributed by atoms with Gasteiger partial charge in [-0.15, -0.1) is 10.2 Å². The number of halogens is 1. The number of fused-ring (bicyclic) bond motifs is 2. The molecule has 0 unspecified atom stereocenters. The average molecular weight is 330 g/mol. The highest BCUT2D eigenvalue weighted by molar-refractivity contribution is 6.31. The Morgan fingerprint density at radius 1 is 1.17 bits per heavy atom. The van der Waals surface area contributed by atoms with Gasteiger partial charge in [0.2, 0.25) is 0 Å². The summed E-state index contributed by atoms with van der Waals surface area (Å²) in [7, 11) is 0.